The van der Waals surface area contributed by atoms with E-state index in [0.29, 0.717) is 24.1 Å². The van der Waals surface area contributed by atoms with E-state index in [-0.39, 0.29) is 0 Å². The first-order chi connectivity index (χ1) is 10.3. The minimum absolute atomic E-state index is 0.406. The van der Waals surface area contributed by atoms with Gasteiger partial charge in [0, 0.05) is 6.20 Å². The van der Waals surface area contributed by atoms with E-state index in [0.717, 1.165) is 12.0 Å². The smallest absolute Gasteiger partial charge is 0.168 e. The van der Waals surface area contributed by atoms with Crippen molar-refractivity contribution in [2.24, 2.45) is 0 Å². The van der Waals surface area contributed by atoms with Gasteiger partial charge in [0.05, 0.1) is 17.9 Å². The van der Waals surface area contributed by atoms with Crippen LogP contribution >= 0.6 is 0 Å². The Morgan fingerprint density at radius 3 is 2.81 bits per heavy atom. The van der Waals surface area contributed by atoms with E-state index in [1.807, 2.05) is 12.3 Å². The number of nitrogens with zero attached hydrogens (tertiary/aromatic N) is 3. The zero-order chi connectivity index (χ0) is 14.5. The third kappa shape index (κ3) is 3.48. The van der Waals surface area contributed by atoms with Crippen LogP contribution in [-0.2, 0) is 6.61 Å². The molecule has 3 rings (SSSR count). The molecule has 5 nitrogen and oxygen atoms in total. The molecule has 1 saturated carbocycles. The number of rotatable bonds is 5. The van der Waals surface area contributed by atoms with Crippen molar-refractivity contribution in [1.82, 2.24) is 14.8 Å². The van der Waals surface area contributed by atoms with Crippen LogP contribution in [0.25, 0.3) is 0 Å². The van der Waals surface area contributed by atoms with Gasteiger partial charge in [-0.25, -0.2) is 4.98 Å². The van der Waals surface area contributed by atoms with Gasteiger partial charge in [0.2, 0.25) is 0 Å². The Morgan fingerprint density at radius 2 is 2.10 bits per heavy atom. The quantitative estimate of drug-likeness (QED) is 0.792. The zero-order valence-electron chi connectivity index (χ0n) is 11.9. The highest BCUT2D eigenvalue weighted by molar-refractivity contribution is 5.71. The molecular formula is C16H19N3O2. The summed E-state index contributed by atoms with van der Waals surface area (Å²) < 4.78 is 7.71. The molecule has 1 aliphatic carbocycles. The van der Waals surface area contributed by atoms with Crippen LogP contribution in [-0.4, -0.2) is 21.1 Å². The van der Waals surface area contributed by atoms with E-state index in [1.54, 1.807) is 18.3 Å². The average Bonchev–Trinajstić information content (AvgIpc) is 3.03. The number of pyridine rings is 1. The van der Waals surface area contributed by atoms with E-state index < -0.39 is 0 Å². The molecule has 0 amide bonds. The third-order valence-corrected chi connectivity index (χ3v) is 3.88. The minimum atomic E-state index is 0.406. The van der Waals surface area contributed by atoms with Crippen molar-refractivity contribution in [3.05, 3.63) is 42.0 Å². The number of aldehydes is 1. The van der Waals surface area contributed by atoms with Crippen LogP contribution in [0.3, 0.4) is 0 Å². The van der Waals surface area contributed by atoms with Crippen LogP contribution in [0.1, 0.15) is 54.3 Å². The largest absolute Gasteiger partial charge is 0.486 e. The fourth-order valence-electron chi connectivity index (χ4n) is 2.71. The van der Waals surface area contributed by atoms with Gasteiger partial charge in [-0.1, -0.05) is 19.3 Å². The van der Waals surface area contributed by atoms with Crippen LogP contribution in [0.5, 0.6) is 5.75 Å². The Bertz CT molecular complexity index is 586. The van der Waals surface area contributed by atoms with E-state index in [2.05, 4.69) is 14.8 Å². The topological polar surface area (TPSA) is 57.0 Å². The monoisotopic (exact) mass is 285 g/mol. The summed E-state index contributed by atoms with van der Waals surface area (Å²) in [5, 5.41) is 4.60. The molecule has 0 saturated heterocycles. The summed E-state index contributed by atoms with van der Waals surface area (Å²) in [5.74, 6) is 0.646. The molecule has 5 heteroatoms. The minimum Gasteiger partial charge on any atom is -0.486 e. The molecule has 0 aliphatic heterocycles. The van der Waals surface area contributed by atoms with Crippen LogP contribution < -0.4 is 4.74 Å². The lowest BCUT2D eigenvalue weighted by atomic mass is 9.96. The lowest BCUT2D eigenvalue weighted by Crippen LogP contribution is -2.13. The molecule has 0 atom stereocenters. The lowest BCUT2D eigenvalue weighted by Gasteiger charge is -2.21. The van der Waals surface area contributed by atoms with E-state index in [1.165, 1.54) is 32.1 Å². The molecule has 21 heavy (non-hydrogen) atoms. The summed E-state index contributed by atoms with van der Waals surface area (Å²) in [6, 6.07) is 5.93. The van der Waals surface area contributed by atoms with Crippen LogP contribution in [0.15, 0.2) is 30.6 Å². The maximum absolute atomic E-state index is 10.5. The Balaban J connectivity index is 1.57. The molecule has 2 aromatic rings. The highest BCUT2D eigenvalue weighted by atomic mass is 16.5. The molecule has 0 aromatic carbocycles. The number of carbonyl (C=O) groups is 1. The second-order valence-corrected chi connectivity index (χ2v) is 5.40. The standard InChI is InChI=1S/C16H19N3O2/c20-11-13-6-7-16(10-17-13)21-12-14-8-9-19(18-14)15-4-2-1-3-5-15/h6-11,15H,1-5,12H2. The molecule has 2 aromatic heterocycles. The number of hydrogen-bond donors (Lipinski definition) is 0. The Labute approximate surface area is 124 Å². The molecule has 2 heterocycles. The SMILES string of the molecule is O=Cc1ccc(OCc2ccn(C3CCCCC3)n2)cn1. The highest BCUT2D eigenvalue weighted by Gasteiger charge is 2.16. The Hall–Kier alpha value is -2.17. The predicted molar refractivity (Wildman–Crippen MR) is 78.3 cm³/mol. The molecular weight excluding hydrogens is 266 g/mol. The van der Waals surface area contributed by atoms with Crippen LogP contribution in [0, 0.1) is 0 Å². The van der Waals surface area contributed by atoms with Crippen LogP contribution in [0.4, 0.5) is 0 Å². The number of carbonyl (C=O) groups excluding carboxylic acids is 1. The number of aromatic nitrogens is 3. The van der Waals surface area contributed by atoms with Gasteiger partial charge < -0.3 is 4.74 Å². The van der Waals surface area contributed by atoms with Gasteiger partial charge in [-0.2, -0.15) is 5.10 Å². The summed E-state index contributed by atoms with van der Waals surface area (Å²) >= 11 is 0. The van der Waals surface area contributed by atoms with Gasteiger partial charge in [0.1, 0.15) is 18.1 Å². The summed E-state index contributed by atoms with van der Waals surface area (Å²) in [4.78, 5) is 14.5. The fourth-order valence-corrected chi connectivity index (χ4v) is 2.71. The van der Waals surface area contributed by atoms with Crippen molar-refractivity contribution < 1.29 is 9.53 Å². The summed E-state index contributed by atoms with van der Waals surface area (Å²) in [5.41, 5.74) is 1.32. The molecule has 0 spiro atoms. The van der Waals surface area contributed by atoms with E-state index >= 15 is 0 Å². The molecule has 0 radical (unpaired) electrons. The Kier molecular flexibility index (Phi) is 4.28. The first kappa shape index (κ1) is 13.8. The molecule has 0 N–H and O–H groups in total. The maximum Gasteiger partial charge on any atom is 0.168 e. The van der Waals surface area contributed by atoms with Crippen molar-refractivity contribution in [2.45, 2.75) is 44.8 Å². The lowest BCUT2D eigenvalue weighted by molar-refractivity contribution is 0.111. The second-order valence-electron chi connectivity index (χ2n) is 5.40. The van der Waals surface area contributed by atoms with Crippen molar-refractivity contribution >= 4 is 6.29 Å². The third-order valence-electron chi connectivity index (χ3n) is 3.88. The second kappa shape index (κ2) is 6.52. The molecule has 0 bridgehead atoms. The van der Waals surface area contributed by atoms with Crippen LogP contribution in [0.2, 0.25) is 0 Å². The number of ether oxygens (including phenoxy) is 1. The van der Waals surface area contributed by atoms with Crippen molar-refractivity contribution in [1.29, 1.82) is 0 Å². The van der Waals surface area contributed by atoms with E-state index in [4.69, 9.17) is 4.74 Å². The van der Waals surface area contributed by atoms with Crippen molar-refractivity contribution in [3.63, 3.8) is 0 Å². The zero-order valence-corrected chi connectivity index (χ0v) is 11.9. The van der Waals surface area contributed by atoms with Crippen molar-refractivity contribution in [3.8, 4) is 5.75 Å². The van der Waals surface area contributed by atoms with Gasteiger partial charge in [0.15, 0.2) is 6.29 Å². The number of hydrogen-bond acceptors (Lipinski definition) is 4. The van der Waals surface area contributed by atoms with Gasteiger partial charge in [-0.05, 0) is 31.0 Å². The Morgan fingerprint density at radius 1 is 1.24 bits per heavy atom. The van der Waals surface area contributed by atoms with Gasteiger partial charge >= 0.3 is 0 Å². The molecule has 0 unspecified atom stereocenters. The normalized spacial score (nSPS) is 15.8. The predicted octanol–water partition coefficient (Wildman–Crippen LogP) is 3.17. The summed E-state index contributed by atoms with van der Waals surface area (Å²) in [6.45, 7) is 0.418. The first-order valence-corrected chi connectivity index (χ1v) is 7.43. The molecule has 110 valence electrons. The van der Waals surface area contributed by atoms with E-state index in [9.17, 15) is 4.79 Å². The fraction of sp³-hybridized carbons (Fsp3) is 0.438. The first-order valence-electron chi connectivity index (χ1n) is 7.43. The van der Waals surface area contributed by atoms with Gasteiger partial charge in [-0.3, -0.25) is 9.48 Å². The maximum atomic E-state index is 10.5. The van der Waals surface area contributed by atoms with Gasteiger partial charge in [-0.15, -0.1) is 0 Å². The van der Waals surface area contributed by atoms with Gasteiger partial charge in [0.25, 0.3) is 0 Å². The average molecular weight is 285 g/mol. The molecule has 1 fully saturated rings. The van der Waals surface area contributed by atoms with Crippen molar-refractivity contribution in [2.75, 3.05) is 0 Å². The molecule has 1 aliphatic rings. The summed E-state index contributed by atoms with van der Waals surface area (Å²) in [6.07, 6.45) is 10.7. The summed E-state index contributed by atoms with van der Waals surface area (Å²) in [7, 11) is 0. The highest BCUT2D eigenvalue weighted by Crippen LogP contribution is 2.27.